The summed E-state index contributed by atoms with van der Waals surface area (Å²) in [4.78, 5) is 8.35. The molecule has 7 heteroatoms. The van der Waals surface area contributed by atoms with Gasteiger partial charge >= 0.3 is 0 Å². The van der Waals surface area contributed by atoms with E-state index in [1.165, 1.54) is 10.4 Å². The topological polar surface area (TPSA) is 76.3 Å². The summed E-state index contributed by atoms with van der Waals surface area (Å²) >= 11 is 0. The minimum absolute atomic E-state index is 0.0159. The van der Waals surface area contributed by atoms with Crippen LogP contribution in [0.25, 0.3) is 0 Å². The molecule has 0 bridgehead atoms. The predicted octanol–water partition coefficient (Wildman–Crippen LogP) is 1.90. The number of aryl methyl sites for hydroxylation is 1. The molecule has 1 aliphatic rings. The van der Waals surface area contributed by atoms with Crippen molar-refractivity contribution < 1.29 is 12.8 Å². The highest BCUT2D eigenvalue weighted by molar-refractivity contribution is 7.89. The molecular weight excluding hydrogens is 278 g/mol. The van der Waals surface area contributed by atoms with E-state index in [0.717, 1.165) is 12.8 Å². The molecule has 0 aliphatic carbocycles. The Bertz CT molecular complexity index is 697. The molecule has 0 radical (unpaired) electrons. The first-order chi connectivity index (χ1) is 9.59. The Kier molecular flexibility index (Phi) is 3.31. The minimum Gasteiger partial charge on any atom is -0.449 e. The molecule has 3 heterocycles. The van der Waals surface area contributed by atoms with E-state index in [4.69, 9.17) is 4.42 Å². The van der Waals surface area contributed by atoms with Crippen molar-refractivity contribution in [1.82, 2.24) is 14.3 Å². The van der Waals surface area contributed by atoms with E-state index in [9.17, 15) is 8.42 Å². The molecule has 0 spiro atoms. The summed E-state index contributed by atoms with van der Waals surface area (Å²) in [5.74, 6) is 1.12. The fourth-order valence-electron chi connectivity index (χ4n) is 2.43. The second-order valence-corrected chi connectivity index (χ2v) is 6.57. The fourth-order valence-corrected chi connectivity index (χ4v) is 4.05. The standard InChI is InChI=1S/C13H15N3O3S/c1-10-5-6-12(19-10)20(17,18)16-9-2-4-11(16)13-14-7-3-8-15-13/h3,5-8,11H,2,4,9H2,1H3. The van der Waals surface area contributed by atoms with Gasteiger partial charge in [0, 0.05) is 18.9 Å². The molecule has 0 aromatic carbocycles. The maximum absolute atomic E-state index is 12.6. The van der Waals surface area contributed by atoms with Gasteiger partial charge in [-0.25, -0.2) is 18.4 Å². The van der Waals surface area contributed by atoms with Crippen LogP contribution in [0.4, 0.5) is 0 Å². The average molecular weight is 293 g/mol. The van der Waals surface area contributed by atoms with Gasteiger partial charge in [0.15, 0.2) is 0 Å². The van der Waals surface area contributed by atoms with E-state index >= 15 is 0 Å². The number of hydrogen-bond acceptors (Lipinski definition) is 5. The van der Waals surface area contributed by atoms with Gasteiger partial charge in [0.2, 0.25) is 5.09 Å². The molecule has 1 atom stereocenters. The van der Waals surface area contributed by atoms with Gasteiger partial charge in [-0.15, -0.1) is 0 Å². The highest BCUT2D eigenvalue weighted by Gasteiger charge is 2.39. The molecule has 1 fully saturated rings. The molecular formula is C13H15N3O3S. The molecule has 106 valence electrons. The lowest BCUT2D eigenvalue weighted by atomic mass is 10.2. The molecule has 1 unspecified atom stereocenters. The summed E-state index contributed by atoms with van der Waals surface area (Å²) in [5.41, 5.74) is 0. The summed E-state index contributed by atoms with van der Waals surface area (Å²) in [6.07, 6.45) is 4.77. The van der Waals surface area contributed by atoms with Crippen molar-refractivity contribution >= 4 is 10.0 Å². The minimum atomic E-state index is -3.63. The second kappa shape index (κ2) is 4.99. The van der Waals surface area contributed by atoms with Crippen molar-refractivity contribution in [2.75, 3.05) is 6.54 Å². The number of hydrogen-bond donors (Lipinski definition) is 0. The smallest absolute Gasteiger partial charge is 0.277 e. The second-order valence-electron chi connectivity index (χ2n) is 4.75. The lowest BCUT2D eigenvalue weighted by molar-refractivity contribution is 0.354. The SMILES string of the molecule is Cc1ccc(S(=O)(=O)N2CCCC2c2ncccn2)o1. The summed E-state index contributed by atoms with van der Waals surface area (Å²) in [7, 11) is -3.63. The van der Waals surface area contributed by atoms with E-state index in [1.54, 1.807) is 31.5 Å². The Balaban J connectivity index is 1.97. The van der Waals surface area contributed by atoms with E-state index in [1.807, 2.05) is 0 Å². The highest BCUT2D eigenvalue weighted by Crippen LogP contribution is 2.35. The van der Waals surface area contributed by atoms with Crippen LogP contribution in [0.15, 0.2) is 40.1 Å². The zero-order chi connectivity index (χ0) is 14.2. The highest BCUT2D eigenvalue weighted by atomic mass is 32.2. The van der Waals surface area contributed by atoms with Crippen molar-refractivity contribution in [3.8, 4) is 0 Å². The van der Waals surface area contributed by atoms with Crippen molar-refractivity contribution in [3.63, 3.8) is 0 Å². The van der Waals surface area contributed by atoms with Crippen molar-refractivity contribution in [2.24, 2.45) is 0 Å². The van der Waals surface area contributed by atoms with Crippen LogP contribution in [0.1, 0.15) is 30.5 Å². The van der Waals surface area contributed by atoms with Gasteiger partial charge in [0.1, 0.15) is 11.6 Å². The van der Waals surface area contributed by atoms with Gasteiger partial charge in [-0.3, -0.25) is 0 Å². The van der Waals surface area contributed by atoms with Crippen LogP contribution in [0.3, 0.4) is 0 Å². The Labute approximate surface area is 117 Å². The molecule has 2 aromatic rings. The van der Waals surface area contributed by atoms with Gasteiger partial charge in [0.25, 0.3) is 10.0 Å². The summed E-state index contributed by atoms with van der Waals surface area (Å²) in [5, 5.41) is -0.0159. The monoisotopic (exact) mass is 293 g/mol. The Hall–Kier alpha value is -1.73. The van der Waals surface area contributed by atoms with Crippen LogP contribution >= 0.6 is 0 Å². The number of sulfonamides is 1. The van der Waals surface area contributed by atoms with E-state index in [-0.39, 0.29) is 11.1 Å². The van der Waals surface area contributed by atoms with Crippen LogP contribution < -0.4 is 0 Å². The maximum Gasteiger partial charge on any atom is 0.277 e. The zero-order valence-electron chi connectivity index (χ0n) is 11.1. The molecule has 0 saturated carbocycles. The van der Waals surface area contributed by atoms with Gasteiger partial charge in [0.05, 0.1) is 6.04 Å². The van der Waals surface area contributed by atoms with Crippen LogP contribution in [-0.4, -0.2) is 29.2 Å². The molecule has 0 N–H and O–H groups in total. The number of nitrogens with zero attached hydrogens (tertiary/aromatic N) is 3. The van der Waals surface area contributed by atoms with Crippen molar-refractivity contribution in [2.45, 2.75) is 30.9 Å². The zero-order valence-corrected chi connectivity index (χ0v) is 11.9. The normalized spacial score (nSPS) is 20.4. The van der Waals surface area contributed by atoms with Gasteiger partial charge < -0.3 is 4.42 Å². The predicted molar refractivity (Wildman–Crippen MR) is 71.3 cm³/mol. The van der Waals surface area contributed by atoms with Crippen LogP contribution in [0, 0.1) is 6.92 Å². The van der Waals surface area contributed by atoms with Crippen LogP contribution in [-0.2, 0) is 10.0 Å². The third kappa shape index (κ3) is 2.23. The molecule has 20 heavy (non-hydrogen) atoms. The number of furan rings is 1. The summed E-state index contributed by atoms with van der Waals surface area (Å²) < 4.78 is 31.9. The molecule has 3 rings (SSSR count). The number of aromatic nitrogens is 2. The number of rotatable bonds is 3. The first-order valence-corrected chi connectivity index (χ1v) is 7.88. The third-order valence-electron chi connectivity index (χ3n) is 3.37. The first-order valence-electron chi connectivity index (χ1n) is 6.44. The Morgan fingerprint density at radius 3 is 2.70 bits per heavy atom. The molecule has 1 aliphatic heterocycles. The van der Waals surface area contributed by atoms with E-state index < -0.39 is 10.0 Å². The van der Waals surface area contributed by atoms with Gasteiger partial charge in [-0.05, 0) is 38.0 Å². The van der Waals surface area contributed by atoms with Crippen molar-refractivity contribution in [1.29, 1.82) is 0 Å². The maximum atomic E-state index is 12.6. The molecule has 0 amide bonds. The van der Waals surface area contributed by atoms with E-state index in [0.29, 0.717) is 18.1 Å². The molecule has 1 saturated heterocycles. The Morgan fingerprint density at radius 1 is 1.30 bits per heavy atom. The summed E-state index contributed by atoms with van der Waals surface area (Å²) in [6.45, 7) is 2.19. The fraction of sp³-hybridized carbons (Fsp3) is 0.385. The lowest BCUT2D eigenvalue weighted by Crippen LogP contribution is -2.31. The molecule has 2 aromatic heterocycles. The largest absolute Gasteiger partial charge is 0.449 e. The van der Waals surface area contributed by atoms with Gasteiger partial charge in [-0.2, -0.15) is 4.31 Å². The lowest BCUT2D eigenvalue weighted by Gasteiger charge is -2.21. The van der Waals surface area contributed by atoms with E-state index in [2.05, 4.69) is 9.97 Å². The van der Waals surface area contributed by atoms with Crippen molar-refractivity contribution in [3.05, 3.63) is 42.2 Å². The van der Waals surface area contributed by atoms with Crippen LogP contribution in [0.2, 0.25) is 0 Å². The first kappa shape index (κ1) is 13.3. The summed E-state index contributed by atoms with van der Waals surface area (Å²) in [6, 6.07) is 4.54. The Morgan fingerprint density at radius 2 is 2.05 bits per heavy atom. The van der Waals surface area contributed by atoms with Crippen LogP contribution in [0.5, 0.6) is 0 Å². The molecule has 6 nitrogen and oxygen atoms in total. The van der Waals surface area contributed by atoms with Gasteiger partial charge in [-0.1, -0.05) is 0 Å². The third-order valence-corrected chi connectivity index (χ3v) is 5.15. The quantitative estimate of drug-likeness (QED) is 0.864. The average Bonchev–Trinajstić information content (AvgIpc) is 3.08.